The smallest absolute Gasteiger partial charge is 0.127 e. The third kappa shape index (κ3) is 2.42. The highest BCUT2D eigenvalue weighted by Gasteiger charge is 2.04. The number of halogens is 1. The highest BCUT2D eigenvalue weighted by molar-refractivity contribution is 5.85. The van der Waals surface area contributed by atoms with Crippen molar-refractivity contribution in [2.75, 3.05) is 20.0 Å². The molecule has 0 unspecified atom stereocenters. The Bertz CT molecular complexity index is 289. The van der Waals surface area contributed by atoms with Gasteiger partial charge < -0.3 is 15.2 Å². The van der Waals surface area contributed by atoms with Crippen LogP contribution in [-0.4, -0.2) is 14.2 Å². The van der Waals surface area contributed by atoms with E-state index in [1.54, 1.807) is 20.3 Å². The Morgan fingerprint density at radius 1 is 1.15 bits per heavy atom. The molecular weight excluding hydrogens is 190 g/mol. The molecule has 0 saturated carbocycles. The Balaban J connectivity index is 0.00000144. The van der Waals surface area contributed by atoms with Crippen LogP contribution in [0.25, 0.3) is 0 Å². The largest absolute Gasteiger partial charge is 0.497 e. The molecule has 0 radical (unpaired) electrons. The minimum Gasteiger partial charge on any atom is -0.497 e. The Morgan fingerprint density at radius 3 is 2.23 bits per heavy atom. The second-order valence-electron chi connectivity index (χ2n) is 2.54. The zero-order valence-electron chi connectivity index (χ0n) is 7.96. The van der Waals surface area contributed by atoms with E-state index in [1.165, 1.54) is 0 Å². The summed E-state index contributed by atoms with van der Waals surface area (Å²) < 4.78 is 10.1. The molecule has 0 fully saturated rings. The Hall–Kier alpha value is -1.09. The molecule has 0 aliphatic heterocycles. The van der Waals surface area contributed by atoms with Crippen LogP contribution in [0.4, 0.5) is 5.69 Å². The number of ether oxygens (including phenoxy) is 2. The van der Waals surface area contributed by atoms with Crippen LogP contribution in [0.3, 0.4) is 0 Å². The summed E-state index contributed by atoms with van der Waals surface area (Å²) >= 11 is 0. The minimum atomic E-state index is 0. The van der Waals surface area contributed by atoms with Gasteiger partial charge in [-0.15, -0.1) is 12.4 Å². The molecule has 0 spiro atoms. The van der Waals surface area contributed by atoms with Crippen molar-refractivity contribution in [1.82, 2.24) is 0 Å². The normalized spacial score (nSPS) is 8.85. The molecule has 0 heterocycles. The molecule has 0 aliphatic rings. The molecule has 1 aromatic rings. The molecule has 0 aliphatic carbocycles. The number of hydrogen-bond donors (Lipinski definition) is 1. The second-order valence-corrected chi connectivity index (χ2v) is 2.54. The zero-order valence-corrected chi connectivity index (χ0v) is 8.77. The van der Waals surface area contributed by atoms with Crippen LogP contribution in [0, 0.1) is 6.92 Å². The molecule has 0 atom stereocenters. The summed E-state index contributed by atoms with van der Waals surface area (Å²) in [5, 5.41) is 0. The number of benzene rings is 1. The van der Waals surface area contributed by atoms with Crippen LogP contribution < -0.4 is 15.2 Å². The SMILES string of the molecule is COc1cc(N)c(C)c(OC)c1.Cl. The fraction of sp³-hybridized carbons (Fsp3) is 0.333. The fourth-order valence-electron chi connectivity index (χ4n) is 1.01. The van der Waals surface area contributed by atoms with Crippen LogP contribution in [0.2, 0.25) is 0 Å². The van der Waals surface area contributed by atoms with Crippen molar-refractivity contribution in [3.05, 3.63) is 17.7 Å². The minimum absolute atomic E-state index is 0. The van der Waals surface area contributed by atoms with E-state index in [-0.39, 0.29) is 12.4 Å². The van der Waals surface area contributed by atoms with Crippen molar-refractivity contribution in [3.8, 4) is 11.5 Å². The molecule has 0 bridgehead atoms. The summed E-state index contributed by atoms with van der Waals surface area (Å²) in [4.78, 5) is 0. The first kappa shape index (κ1) is 11.9. The van der Waals surface area contributed by atoms with Crippen molar-refractivity contribution < 1.29 is 9.47 Å². The monoisotopic (exact) mass is 203 g/mol. The zero-order chi connectivity index (χ0) is 9.14. The van der Waals surface area contributed by atoms with E-state index in [0.717, 1.165) is 17.1 Å². The van der Waals surface area contributed by atoms with Crippen molar-refractivity contribution in [3.63, 3.8) is 0 Å². The maximum absolute atomic E-state index is 5.71. The molecule has 0 aromatic heterocycles. The van der Waals surface area contributed by atoms with Gasteiger partial charge in [-0.25, -0.2) is 0 Å². The molecule has 4 heteroatoms. The lowest BCUT2D eigenvalue weighted by atomic mass is 10.2. The molecule has 0 amide bonds. The molecule has 2 N–H and O–H groups in total. The molecule has 74 valence electrons. The van der Waals surface area contributed by atoms with Gasteiger partial charge in [-0.1, -0.05) is 0 Å². The van der Waals surface area contributed by atoms with Crippen LogP contribution in [0.15, 0.2) is 12.1 Å². The number of methoxy groups -OCH3 is 2. The summed E-state index contributed by atoms with van der Waals surface area (Å²) in [5.74, 6) is 1.47. The first-order chi connectivity index (χ1) is 5.69. The number of rotatable bonds is 2. The summed E-state index contributed by atoms with van der Waals surface area (Å²) in [6.07, 6.45) is 0. The second kappa shape index (κ2) is 4.82. The molecule has 1 rings (SSSR count). The van der Waals surface area contributed by atoms with Crippen LogP contribution in [-0.2, 0) is 0 Å². The van der Waals surface area contributed by atoms with Gasteiger partial charge in [-0.2, -0.15) is 0 Å². The van der Waals surface area contributed by atoms with Gasteiger partial charge in [0.05, 0.1) is 14.2 Å². The van der Waals surface area contributed by atoms with Gasteiger partial charge in [-0.3, -0.25) is 0 Å². The van der Waals surface area contributed by atoms with Crippen molar-refractivity contribution in [2.24, 2.45) is 0 Å². The first-order valence-corrected chi connectivity index (χ1v) is 3.67. The third-order valence-corrected chi connectivity index (χ3v) is 1.83. The van der Waals surface area contributed by atoms with E-state index < -0.39 is 0 Å². The van der Waals surface area contributed by atoms with Gasteiger partial charge in [0, 0.05) is 23.4 Å². The highest BCUT2D eigenvalue weighted by atomic mass is 35.5. The molecular formula is C9H14ClNO2. The average Bonchev–Trinajstić information content (AvgIpc) is 2.09. The number of nitrogen functional groups attached to an aromatic ring is 1. The highest BCUT2D eigenvalue weighted by Crippen LogP contribution is 2.29. The lowest BCUT2D eigenvalue weighted by molar-refractivity contribution is 0.393. The van der Waals surface area contributed by atoms with Gasteiger partial charge in [0.1, 0.15) is 11.5 Å². The van der Waals surface area contributed by atoms with E-state index in [4.69, 9.17) is 15.2 Å². The van der Waals surface area contributed by atoms with Crippen LogP contribution in [0.1, 0.15) is 5.56 Å². The number of hydrogen-bond acceptors (Lipinski definition) is 3. The van der Waals surface area contributed by atoms with Crippen molar-refractivity contribution >= 4 is 18.1 Å². The van der Waals surface area contributed by atoms with E-state index in [1.807, 2.05) is 13.0 Å². The standard InChI is InChI=1S/C9H13NO2.ClH/c1-6-8(10)4-7(11-2)5-9(6)12-3;/h4-5H,10H2,1-3H3;1H. The Labute approximate surface area is 84.2 Å². The van der Waals surface area contributed by atoms with Gasteiger partial charge in [-0.05, 0) is 6.92 Å². The van der Waals surface area contributed by atoms with Gasteiger partial charge >= 0.3 is 0 Å². The lowest BCUT2D eigenvalue weighted by Crippen LogP contribution is -1.95. The van der Waals surface area contributed by atoms with Crippen LogP contribution in [0.5, 0.6) is 11.5 Å². The summed E-state index contributed by atoms with van der Waals surface area (Å²) in [6.45, 7) is 1.91. The predicted octanol–water partition coefficient (Wildman–Crippen LogP) is 2.02. The van der Waals surface area contributed by atoms with E-state index in [0.29, 0.717) is 5.69 Å². The number of anilines is 1. The summed E-state index contributed by atoms with van der Waals surface area (Å²) in [7, 11) is 3.21. The quantitative estimate of drug-likeness (QED) is 0.748. The third-order valence-electron chi connectivity index (χ3n) is 1.83. The number of nitrogens with two attached hydrogens (primary N) is 1. The molecule has 0 saturated heterocycles. The maximum atomic E-state index is 5.71. The Kier molecular flexibility index (Phi) is 4.42. The summed E-state index contributed by atoms with van der Waals surface area (Å²) in [5.41, 5.74) is 7.34. The van der Waals surface area contributed by atoms with Gasteiger partial charge in [0.25, 0.3) is 0 Å². The summed E-state index contributed by atoms with van der Waals surface area (Å²) in [6, 6.07) is 3.59. The lowest BCUT2D eigenvalue weighted by Gasteiger charge is -2.09. The average molecular weight is 204 g/mol. The van der Waals surface area contributed by atoms with E-state index in [2.05, 4.69) is 0 Å². The maximum Gasteiger partial charge on any atom is 0.127 e. The van der Waals surface area contributed by atoms with E-state index >= 15 is 0 Å². The topological polar surface area (TPSA) is 44.5 Å². The fourth-order valence-corrected chi connectivity index (χ4v) is 1.01. The molecule has 1 aromatic carbocycles. The van der Waals surface area contributed by atoms with E-state index in [9.17, 15) is 0 Å². The van der Waals surface area contributed by atoms with Crippen molar-refractivity contribution in [1.29, 1.82) is 0 Å². The Morgan fingerprint density at radius 2 is 1.77 bits per heavy atom. The van der Waals surface area contributed by atoms with Crippen molar-refractivity contribution in [2.45, 2.75) is 6.92 Å². The first-order valence-electron chi connectivity index (χ1n) is 3.67. The molecule has 3 nitrogen and oxygen atoms in total. The molecule has 13 heavy (non-hydrogen) atoms. The van der Waals surface area contributed by atoms with Gasteiger partial charge in [0.2, 0.25) is 0 Å². The van der Waals surface area contributed by atoms with Crippen LogP contribution >= 0.6 is 12.4 Å². The predicted molar refractivity (Wildman–Crippen MR) is 55.9 cm³/mol. The van der Waals surface area contributed by atoms with Gasteiger partial charge in [0.15, 0.2) is 0 Å².